The molecule has 1 aromatic rings. The standard InChI is InChI=1S/C16H24BrN/c1-13(15-8-10-16(17)11-9-15)18-12-14-6-4-2-3-5-7-14/h8-11,13-14,18H,2-7,12H2,1H3/t13-/m0/s1. The lowest BCUT2D eigenvalue weighted by atomic mass is 9.99. The zero-order chi connectivity index (χ0) is 12.8. The molecular formula is C16H24BrN. The first-order valence-corrected chi connectivity index (χ1v) is 8.04. The number of halogens is 1. The van der Waals surface area contributed by atoms with Crippen LogP contribution in [0.3, 0.4) is 0 Å². The molecule has 1 atom stereocenters. The molecule has 0 aliphatic heterocycles. The van der Waals surface area contributed by atoms with Crippen molar-refractivity contribution in [2.45, 2.75) is 51.5 Å². The molecule has 0 saturated heterocycles. The summed E-state index contributed by atoms with van der Waals surface area (Å²) in [6, 6.07) is 9.11. The minimum Gasteiger partial charge on any atom is -0.310 e. The molecule has 1 nitrogen and oxygen atoms in total. The van der Waals surface area contributed by atoms with Crippen LogP contribution in [-0.4, -0.2) is 6.54 Å². The Morgan fingerprint density at radius 2 is 1.72 bits per heavy atom. The van der Waals surface area contributed by atoms with E-state index in [0.717, 1.165) is 10.4 Å². The van der Waals surface area contributed by atoms with Crippen LogP contribution in [0, 0.1) is 5.92 Å². The number of benzene rings is 1. The number of rotatable bonds is 4. The highest BCUT2D eigenvalue weighted by molar-refractivity contribution is 9.10. The van der Waals surface area contributed by atoms with Crippen molar-refractivity contribution in [2.75, 3.05) is 6.54 Å². The third-order valence-electron chi connectivity index (χ3n) is 4.06. The summed E-state index contributed by atoms with van der Waals surface area (Å²) in [6.07, 6.45) is 8.58. The van der Waals surface area contributed by atoms with Gasteiger partial charge >= 0.3 is 0 Å². The fourth-order valence-electron chi connectivity index (χ4n) is 2.78. The molecule has 1 N–H and O–H groups in total. The normalized spacial score (nSPS) is 19.4. The zero-order valence-corrected chi connectivity index (χ0v) is 12.9. The van der Waals surface area contributed by atoms with Gasteiger partial charge in [-0.15, -0.1) is 0 Å². The lowest BCUT2D eigenvalue weighted by Gasteiger charge is -2.19. The van der Waals surface area contributed by atoms with Crippen LogP contribution in [0.1, 0.15) is 57.1 Å². The molecule has 1 aliphatic carbocycles. The second kappa shape index (κ2) is 7.30. The average Bonchev–Trinajstić information content (AvgIpc) is 2.65. The Morgan fingerprint density at radius 3 is 2.33 bits per heavy atom. The second-order valence-corrected chi connectivity index (χ2v) is 6.45. The summed E-state index contributed by atoms with van der Waals surface area (Å²) < 4.78 is 1.15. The van der Waals surface area contributed by atoms with E-state index in [0.29, 0.717) is 6.04 Å². The molecular weight excluding hydrogens is 286 g/mol. The molecule has 1 fully saturated rings. The van der Waals surface area contributed by atoms with E-state index >= 15 is 0 Å². The first kappa shape index (κ1) is 14.1. The quantitative estimate of drug-likeness (QED) is 0.766. The van der Waals surface area contributed by atoms with Gasteiger partial charge in [0.05, 0.1) is 0 Å². The van der Waals surface area contributed by atoms with Crippen LogP contribution in [0.2, 0.25) is 0 Å². The van der Waals surface area contributed by atoms with E-state index in [4.69, 9.17) is 0 Å². The summed E-state index contributed by atoms with van der Waals surface area (Å²) in [4.78, 5) is 0. The van der Waals surface area contributed by atoms with Crippen molar-refractivity contribution in [2.24, 2.45) is 5.92 Å². The smallest absolute Gasteiger partial charge is 0.0291 e. The van der Waals surface area contributed by atoms with Crippen molar-refractivity contribution in [1.29, 1.82) is 0 Å². The Balaban J connectivity index is 1.80. The van der Waals surface area contributed by atoms with Crippen molar-refractivity contribution in [1.82, 2.24) is 5.32 Å². The molecule has 0 unspecified atom stereocenters. The van der Waals surface area contributed by atoms with E-state index in [1.807, 2.05) is 0 Å². The predicted octanol–water partition coefficient (Wildman–Crippen LogP) is 5.07. The predicted molar refractivity (Wildman–Crippen MR) is 81.8 cm³/mol. The van der Waals surface area contributed by atoms with Crippen molar-refractivity contribution < 1.29 is 0 Å². The van der Waals surface area contributed by atoms with Gasteiger partial charge in [-0.05, 0) is 49.9 Å². The number of nitrogens with one attached hydrogen (secondary N) is 1. The molecule has 1 aliphatic rings. The molecule has 0 amide bonds. The van der Waals surface area contributed by atoms with Gasteiger partial charge in [0.2, 0.25) is 0 Å². The molecule has 0 radical (unpaired) electrons. The van der Waals surface area contributed by atoms with Gasteiger partial charge in [0.15, 0.2) is 0 Å². The van der Waals surface area contributed by atoms with Crippen LogP contribution < -0.4 is 5.32 Å². The van der Waals surface area contributed by atoms with Gasteiger partial charge in [-0.1, -0.05) is 53.7 Å². The summed E-state index contributed by atoms with van der Waals surface area (Å²) in [5.74, 6) is 0.894. The minimum atomic E-state index is 0.460. The molecule has 1 aromatic carbocycles. The van der Waals surface area contributed by atoms with Crippen molar-refractivity contribution in [3.63, 3.8) is 0 Å². The Hall–Kier alpha value is -0.340. The number of hydrogen-bond donors (Lipinski definition) is 1. The van der Waals surface area contributed by atoms with E-state index in [-0.39, 0.29) is 0 Å². The van der Waals surface area contributed by atoms with Crippen LogP contribution in [0.15, 0.2) is 28.7 Å². The van der Waals surface area contributed by atoms with Crippen LogP contribution in [0.4, 0.5) is 0 Å². The van der Waals surface area contributed by atoms with Crippen LogP contribution in [-0.2, 0) is 0 Å². The van der Waals surface area contributed by atoms with Crippen LogP contribution in [0.25, 0.3) is 0 Å². The summed E-state index contributed by atoms with van der Waals surface area (Å²) in [7, 11) is 0. The van der Waals surface area contributed by atoms with E-state index in [1.54, 1.807) is 0 Å². The zero-order valence-electron chi connectivity index (χ0n) is 11.3. The lowest BCUT2D eigenvalue weighted by molar-refractivity contribution is 0.403. The molecule has 0 spiro atoms. The highest BCUT2D eigenvalue weighted by Crippen LogP contribution is 2.23. The van der Waals surface area contributed by atoms with Crippen molar-refractivity contribution >= 4 is 15.9 Å². The van der Waals surface area contributed by atoms with Gasteiger partial charge in [0.25, 0.3) is 0 Å². The first-order valence-electron chi connectivity index (χ1n) is 7.24. The van der Waals surface area contributed by atoms with Crippen LogP contribution in [0.5, 0.6) is 0 Å². The summed E-state index contributed by atoms with van der Waals surface area (Å²) in [5, 5.41) is 3.70. The second-order valence-electron chi connectivity index (χ2n) is 5.54. The maximum atomic E-state index is 3.70. The largest absolute Gasteiger partial charge is 0.310 e. The highest BCUT2D eigenvalue weighted by atomic mass is 79.9. The van der Waals surface area contributed by atoms with E-state index < -0.39 is 0 Å². The Bertz CT molecular complexity index is 339. The van der Waals surface area contributed by atoms with Crippen molar-refractivity contribution in [3.8, 4) is 0 Å². The fraction of sp³-hybridized carbons (Fsp3) is 0.625. The van der Waals surface area contributed by atoms with Gasteiger partial charge in [-0.2, -0.15) is 0 Å². The van der Waals surface area contributed by atoms with Gasteiger partial charge < -0.3 is 5.32 Å². The molecule has 18 heavy (non-hydrogen) atoms. The molecule has 2 heteroatoms. The molecule has 2 rings (SSSR count). The average molecular weight is 310 g/mol. The first-order chi connectivity index (χ1) is 8.75. The molecule has 0 heterocycles. The van der Waals surface area contributed by atoms with Gasteiger partial charge in [-0.3, -0.25) is 0 Å². The van der Waals surface area contributed by atoms with Gasteiger partial charge in [0, 0.05) is 10.5 Å². The summed E-state index contributed by atoms with van der Waals surface area (Å²) >= 11 is 3.48. The molecule has 1 saturated carbocycles. The Labute approximate surface area is 119 Å². The summed E-state index contributed by atoms with van der Waals surface area (Å²) in [5.41, 5.74) is 1.38. The van der Waals surface area contributed by atoms with Crippen molar-refractivity contribution in [3.05, 3.63) is 34.3 Å². The topological polar surface area (TPSA) is 12.0 Å². The highest BCUT2D eigenvalue weighted by Gasteiger charge is 2.13. The maximum absolute atomic E-state index is 3.70. The number of hydrogen-bond acceptors (Lipinski definition) is 1. The van der Waals surface area contributed by atoms with Crippen LogP contribution >= 0.6 is 15.9 Å². The Kier molecular flexibility index (Phi) is 5.71. The van der Waals surface area contributed by atoms with E-state index in [1.165, 1.54) is 50.6 Å². The monoisotopic (exact) mass is 309 g/mol. The van der Waals surface area contributed by atoms with E-state index in [2.05, 4.69) is 52.4 Å². The minimum absolute atomic E-state index is 0.460. The molecule has 0 aromatic heterocycles. The van der Waals surface area contributed by atoms with Gasteiger partial charge in [0.1, 0.15) is 0 Å². The van der Waals surface area contributed by atoms with E-state index in [9.17, 15) is 0 Å². The third-order valence-corrected chi connectivity index (χ3v) is 4.59. The SMILES string of the molecule is C[C@H](NCC1CCCCCC1)c1ccc(Br)cc1. The fourth-order valence-corrected chi connectivity index (χ4v) is 3.05. The maximum Gasteiger partial charge on any atom is 0.0291 e. The third kappa shape index (κ3) is 4.40. The summed E-state index contributed by atoms with van der Waals surface area (Å²) in [6.45, 7) is 3.44. The lowest BCUT2D eigenvalue weighted by Crippen LogP contribution is -2.25. The Morgan fingerprint density at radius 1 is 1.11 bits per heavy atom. The molecule has 0 bridgehead atoms. The molecule has 100 valence electrons. The van der Waals surface area contributed by atoms with Gasteiger partial charge in [-0.25, -0.2) is 0 Å².